The van der Waals surface area contributed by atoms with Crippen LogP contribution < -0.4 is 20.7 Å². The molecule has 2 fully saturated rings. The number of ether oxygens (including phenoxy) is 1. The molecule has 0 spiro atoms. The molecular weight excluding hydrogens is 896 g/mol. The normalized spacial score (nSPS) is 20.4. The maximum atomic E-state index is 14.1. The van der Waals surface area contributed by atoms with E-state index in [4.69, 9.17) is 16.3 Å². The smallest absolute Gasteiger partial charge is 0.251 e. The first-order valence-corrected chi connectivity index (χ1v) is 25.2. The van der Waals surface area contributed by atoms with Crippen molar-refractivity contribution in [3.8, 4) is 22.3 Å². The van der Waals surface area contributed by atoms with Crippen LogP contribution in [0.25, 0.3) is 10.4 Å². The van der Waals surface area contributed by atoms with E-state index < -0.39 is 23.6 Å². The molecule has 4 amide bonds. The van der Waals surface area contributed by atoms with Gasteiger partial charge in [-0.25, -0.2) is 4.98 Å². The van der Waals surface area contributed by atoms with Crippen LogP contribution in [0.2, 0.25) is 5.02 Å². The van der Waals surface area contributed by atoms with E-state index >= 15 is 0 Å². The number of nitrogens with zero attached hydrogens (tertiary/aromatic N) is 3. The van der Waals surface area contributed by atoms with Gasteiger partial charge in [0, 0.05) is 47.9 Å². The lowest BCUT2D eigenvalue weighted by atomic mass is 9.49. The van der Waals surface area contributed by atoms with Crippen molar-refractivity contribution in [3.05, 3.63) is 105 Å². The van der Waals surface area contributed by atoms with Crippen LogP contribution in [-0.4, -0.2) is 75.5 Å². The summed E-state index contributed by atoms with van der Waals surface area (Å²) in [4.78, 5) is 61.3. The van der Waals surface area contributed by atoms with E-state index in [2.05, 4.69) is 54.7 Å². The zero-order chi connectivity index (χ0) is 49.6. The number of hydrogen-bond donors (Lipinski definition) is 4. The molecule has 0 radical (unpaired) electrons. The Labute approximate surface area is 411 Å². The Morgan fingerprint density at radius 2 is 1.59 bits per heavy atom. The van der Waals surface area contributed by atoms with Crippen LogP contribution in [0.4, 0.5) is 0 Å². The summed E-state index contributed by atoms with van der Waals surface area (Å²) in [6.45, 7) is 17.9. The molecule has 4 atom stereocenters. The first-order chi connectivity index (χ1) is 32.1. The molecule has 1 aromatic heterocycles. The average Bonchev–Trinajstić information content (AvgIpc) is 3.91. The van der Waals surface area contributed by atoms with Gasteiger partial charge < -0.3 is 30.7 Å². The van der Waals surface area contributed by atoms with Gasteiger partial charge in [0.05, 0.1) is 38.8 Å². The molecule has 6 rings (SSSR count). The molecule has 364 valence electrons. The highest BCUT2D eigenvalue weighted by Gasteiger charge is 2.64. The Hall–Kier alpha value is -5.29. The lowest BCUT2D eigenvalue weighted by molar-refractivity contribution is -0.164. The molecule has 1 saturated heterocycles. The maximum Gasteiger partial charge on any atom is 0.251 e. The van der Waals surface area contributed by atoms with E-state index in [1.54, 1.807) is 29.5 Å². The number of benzene rings is 3. The Balaban J connectivity index is 0.887. The Morgan fingerprint density at radius 3 is 2.19 bits per heavy atom. The summed E-state index contributed by atoms with van der Waals surface area (Å²) in [6, 6.07) is 20.8. The number of carbonyl (C=O) groups is 4. The zero-order valence-electron chi connectivity index (χ0n) is 41.1. The van der Waals surface area contributed by atoms with Gasteiger partial charge in [0.2, 0.25) is 17.7 Å². The molecular formula is C54H69ClN6O6S. The monoisotopic (exact) mass is 964 g/mol. The number of aliphatic hydroxyl groups excluding tert-OH is 1. The van der Waals surface area contributed by atoms with Crippen LogP contribution >= 0.6 is 22.9 Å². The molecule has 1 saturated carbocycles. The molecule has 0 bridgehead atoms. The number of amides is 4. The number of nitrogens with one attached hydrogen (secondary N) is 3. The molecule has 3 aromatic carbocycles. The third-order valence-electron chi connectivity index (χ3n) is 13.8. The van der Waals surface area contributed by atoms with Gasteiger partial charge in [0.15, 0.2) is 0 Å². The van der Waals surface area contributed by atoms with Crippen LogP contribution in [0.5, 0.6) is 5.75 Å². The minimum atomic E-state index is -0.864. The number of unbranched alkanes of at least 4 members (excludes halogenated alkanes) is 5. The minimum absolute atomic E-state index is 0.0229. The molecule has 1 aliphatic carbocycles. The van der Waals surface area contributed by atoms with Crippen LogP contribution in [0.1, 0.15) is 146 Å². The third kappa shape index (κ3) is 12.3. The number of nitriles is 1. The minimum Gasteiger partial charge on any atom is -0.489 e. The highest BCUT2D eigenvalue weighted by atomic mass is 35.5. The van der Waals surface area contributed by atoms with Gasteiger partial charge >= 0.3 is 0 Å². The average molecular weight is 966 g/mol. The van der Waals surface area contributed by atoms with E-state index in [0.717, 1.165) is 60.2 Å². The van der Waals surface area contributed by atoms with Gasteiger partial charge in [0.1, 0.15) is 30.0 Å². The van der Waals surface area contributed by atoms with Crippen molar-refractivity contribution in [3.63, 3.8) is 0 Å². The van der Waals surface area contributed by atoms with E-state index in [-0.39, 0.29) is 65.6 Å². The Kier molecular flexibility index (Phi) is 16.8. The standard InChI is InChI=1S/C54H69ClN6O6S/c1-33(36-22-24-37(25-23-36)45-34(2)57-32-68-45)58-48(65)43-28-40(62)31-61(43)49(66)46(52(3,4)5)59-44(63)17-15-13-11-10-12-14-16-35-18-20-38(21-19-35)47(64)60-50-53(6,7)51(54(50,8)9)67-41-27-26-39(30-56)42(55)29-41/h18-27,29,32-33,40,43,46,50-51,62H,10-17,28,31H2,1-9H3,(H,58,65)(H,59,63)(H,60,64)/t33-,40+,43-,46?,50?,51?/m0/s1. The van der Waals surface area contributed by atoms with E-state index in [1.807, 2.05) is 88.7 Å². The van der Waals surface area contributed by atoms with Crippen molar-refractivity contribution < 1.29 is 29.0 Å². The quantitative estimate of drug-likeness (QED) is 0.0672. The molecule has 2 heterocycles. The first-order valence-electron chi connectivity index (χ1n) is 24.0. The van der Waals surface area contributed by atoms with Crippen molar-refractivity contribution in [2.24, 2.45) is 16.2 Å². The van der Waals surface area contributed by atoms with Gasteiger partial charge in [-0.2, -0.15) is 5.26 Å². The van der Waals surface area contributed by atoms with Crippen LogP contribution in [0.3, 0.4) is 0 Å². The van der Waals surface area contributed by atoms with E-state index in [1.165, 1.54) is 10.5 Å². The van der Waals surface area contributed by atoms with Crippen LogP contribution in [-0.2, 0) is 20.8 Å². The fourth-order valence-electron chi connectivity index (χ4n) is 10.2. The number of halogens is 1. The summed E-state index contributed by atoms with van der Waals surface area (Å²) in [5, 5.41) is 29.5. The van der Waals surface area contributed by atoms with Gasteiger partial charge in [-0.1, -0.05) is 122 Å². The van der Waals surface area contributed by atoms with Gasteiger partial charge in [-0.3, -0.25) is 19.2 Å². The van der Waals surface area contributed by atoms with Gasteiger partial charge in [-0.15, -0.1) is 11.3 Å². The number of β-amino-alcohol motifs (C(OH)–C–C–N with tert-alkyl or cyclic N) is 1. The number of rotatable bonds is 19. The fourth-order valence-corrected chi connectivity index (χ4v) is 11.2. The molecule has 12 nitrogen and oxygen atoms in total. The van der Waals surface area contributed by atoms with Crippen molar-refractivity contribution >= 4 is 46.6 Å². The molecule has 1 unspecified atom stereocenters. The molecule has 14 heteroatoms. The molecule has 4 aromatic rings. The number of thiazole rings is 1. The highest BCUT2D eigenvalue weighted by Crippen LogP contribution is 2.55. The van der Waals surface area contributed by atoms with Crippen molar-refractivity contribution in [2.45, 2.75) is 156 Å². The number of carbonyl (C=O) groups excluding carboxylic acids is 4. The summed E-state index contributed by atoms with van der Waals surface area (Å²) >= 11 is 7.83. The number of hydrogen-bond acceptors (Lipinski definition) is 9. The van der Waals surface area contributed by atoms with Crippen molar-refractivity contribution in [2.75, 3.05) is 6.54 Å². The molecule has 68 heavy (non-hydrogen) atoms. The summed E-state index contributed by atoms with van der Waals surface area (Å²) in [5.41, 5.74) is 5.61. The predicted octanol–water partition coefficient (Wildman–Crippen LogP) is 9.90. The van der Waals surface area contributed by atoms with E-state index in [0.29, 0.717) is 34.7 Å². The number of aliphatic hydroxyl groups is 1. The lowest BCUT2D eigenvalue weighted by Gasteiger charge is -2.63. The lowest BCUT2D eigenvalue weighted by Crippen LogP contribution is -2.74. The zero-order valence-corrected chi connectivity index (χ0v) is 42.7. The maximum absolute atomic E-state index is 14.1. The summed E-state index contributed by atoms with van der Waals surface area (Å²) in [6.07, 6.45) is 5.99. The number of aromatic nitrogens is 1. The fraction of sp³-hybridized carbons (Fsp3) is 0.519. The Morgan fingerprint density at radius 1 is 0.941 bits per heavy atom. The molecule has 1 aliphatic heterocycles. The number of aryl methyl sites for hydroxylation is 2. The topological polar surface area (TPSA) is 174 Å². The second-order valence-corrected chi connectivity index (χ2v) is 22.3. The van der Waals surface area contributed by atoms with Gasteiger partial charge in [-0.05, 0) is 79.5 Å². The second kappa shape index (κ2) is 22.0. The first kappa shape index (κ1) is 52.1. The summed E-state index contributed by atoms with van der Waals surface area (Å²) in [5.74, 6) is -0.439. The predicted molar refractivity (Wildman–Crippen MR) is 268 cm³/mol. The third-order valence-corrected chi connectivity index (χ3v) is 15.1. The summed E-state index contributed by atoms with van der Waals surface area (Å²) in [7, 11) is 0. The second-order valence-electron chi connectivity index (χ2n) is 21.0. The van der Waals surface area contributed by atoms with E-state index in [9.17, 15) is 29.5 Å². The van der Waals surface area contributed by atoms with Crippen LogP contribution in [0, 0.1) is 34.5 Å². The Bertz CT molecular complexity index is 2440. The highest BCUT2D eigenvalue weighted by molar-refractivity contribution is 7.13. The van der Waals surface area contributed by atoms with Gasteiger partial charge in [0.25, 0.3) is 5.91 Å². The largest absolute Gasteiger partial charge is 0.489 e. The number of likely N-dealkylation sites (tertiary alicyclic amines) is 1. The molecule has 2 aliphatic rings. The van der Waals surface area contributed by atoms with Crippen molar-refractivity contribution in [1.29, 1.82) is 5.26 Å². The van der Waals surface area contributed by atoms with Crippen molar-refractivity contribution in [1.82, 2.24) is 25.8 Å². The summed E-state index contributed by atoms with van der Waals surface area (Å²) < 4.78 is 6.37. The SMILES string of the molecule is Cc1ncsc1-c1ccc([C@H](C)NC(=O)[C@@H]2C[C@@H](O)CN2C(=O)C(NC(=O)CCCCCCCCc2ccc(C(=O)NC3C(C)(C)C(Oc4ccc(C#N)c(Cl)c4)C3(C)C)cc2)C(C)(C)C)cc1. The van der Waals surface area contributed by atoms with Crippen LogP contribution in [0.15, 0.2) is 72.2 Å². The molecule has 4 N–H and O–H groups in total.